The zero-order chi connectivity index (χ0) is 12.8. The monoisotopic (exact) mass is 241 g/mol. The van der Waals surface area contributed by atoms with Crippen molar-refractivity contribution in [1.29, 1.82) is 0 Å². The average molecular weight is 241 g/mol. The molecule has 96 valence electrons. The third-order valence-electron chi connectivity index (χ3n) is 3.52. The van der Waals surface area contributed by atoms with Crippen LogP contribution in [0.4, 0.5) is 5.69 Å². The summed E-state index contributed by atoms with van der Waals surface area (Å²) in [6.45, 7) is 4.51. The Morgan fingerprint density at radius 1 is 1.00 bits per heavy atom. The summed E-state index contributed by atoms with van der Waals surface area (Å²) in [5, 5.41) is 6.28. The number of benzene rings is 2. The van der Waals surface area contributed by atoms with Gasteiger partial charge in [0.15, 0.2) is 0 Å². The van der Waals surface area contributed by atoms with Crippen LogP contribution >= 0.6 is 0 Å². The fraction of sp³-hybridized carbons (Fsp3) is 0.412. The van der Waals surface area contributed by atoms with Crippen LogP contribution in [0.3, 0.4) is 0 Å². The van der Waals surface area contributed by atoms with Crippen molar-refractivity contribution in [2.75, 3.05) is 5.32 Å². The molecule has 0 aliphatic heterocycles. The van der Waals surface area contributed by atoms with Gasteiger partial charge in [0.1, 0.15) is 0 Å². The lowest BCUT2D eigenvalue weighted by Gasteiger charge is -2.18. The zero-order valence-corrected chi connectivity index (χ0v) is 11.4. The van der Waals surface area contributed by atoms with Gasteiger partial charge in [0.05, 0.1) is 0 Å². The van der Waals surface area contributed by atoms with Gasteiger partial charge in [-0.1, -0.05) is 57.0 Å². The summed E-state index contributed by atoms with van der Waals surface area (Å²) in [4.78, 5) is 0. The molecule has 0 heterocycles. The Morgan fingerprint density at radius 3 is 2.50 bits per heavy atom. The molecule has 2 aromatic carbocycles. The molecule has 1 heteroatoms. The summed E-state index contributed by atoms with van der Waals surface area (Å²) >= 11 is 0. The van der Waals surface area contributed by atoms with Crippen molar-refractivity contribution in [3.63, 3.8) is 0 Å². The van der Waals surface area contributed by atoms with Crippen molar-refractivity contribution in [2.24, 2.45) is 0 Å². The van der Waals surface area contributed by atoms with Crippen LogP contribution < -0.4 is 5.32 Å². The topological polar surface area (TPSA) is 12.0 Å². The SMILES string of the molecule is CCCCC(CC)Nc1ccc2ccccc2c1. The van der Waals surface area contributed by atoms with E-state index in [9.17, 15) is 0 Å². The molecule has 0 aliphatic rings. The molecule has 0 bridgehead atoms. The molecule has 0 radical (unpaired) electrons. The highest BCUT2D eigenvalue weighted by molar-refractivity contribution is 5.85. The number of rotatable bonds is 6. The van der Waals surface area contributed by atoms with Gasteiger partial charge < -0.3 is 5.32 Å². The van der Waals surface area contributed by atoms with Crippen molar-refractivity contribution in [3.8, 4) is 0 Å². The predicted molar refractivity (Wildman–Crippen MR) is 81.2 cm³/mol. The fourth-order valence-corrected chi connectivity index (χ4v) is 2.34. The van der Waals surface area contributed by atoms with Gasteiger partial charge in [-0.2, -0.15) is 0 Å². The van der Waals surface area contributed by atoms with Crippen LogP contribution in [0.2, 0.25) is 0 Å². The molecule has 1 atom stereocenters. The molecule has 2 aromatic rings. The smallest absolute Gasteiger partial charge is 0.0348 e. The Balaban J connectivity index is 2.10. The van der Waals surface area contributed by atoms with Crippen LogP contribution in [0.15, 0.2) is 42.5 Å². The Hall–Kier alpha value is -1.50. The predicted octanol–water partition coefficient (Wildman–Crippen LogP) is 5.22. The van der Waals surface area contributed by atoms with E-state index < -0.39 is 0 Å². The summed E-state index contributed by atoms with van der Waals surface area (Å²) in [6, 6.07) is 15.8. The van der Waals surface area contributed by atoms with E-state index >= 15 is 0 Å². The molecule has 0 fully saturated rings. The lowest BCUT2D eigenvalue weighted by molar-refractivity contribution is 0.593. The average Bonchev–Trinajstić information content (AvgIpc) is 2.43. The standard InChI is InChI=1S/C17H23N/c1-3-5-10-16(4-2)18-17-12-11-14-8-6-7-9-15(14)13-17/h6-9,11-13,16,18H,3-5,10H2,1-2H3. The van der Waals surface area contributed by atoms with Gasteiger partial charge in [-0.3, -0.25) is 0 Å². The van der Waals surface area contributed by atoms with Gasteiger partial charge >= 0.3 is 0 Å². The molecule has 18 heavy (non-hydrogen) atoms. The third kappa shape index (κ3) is 3.25. The largest absolute Gasteiger partial charge is 0.382 e. The van der Waals surface area contributed by atoms with E-state index in [4.69, 9.17) is 0 Å². The van der Waals surface area contributed by atoms with Crippen molar-refractivity contribution in [1.82, 2.24) is 0 Å². The number of fused-ring (bicyclic) bond motifs is 1. The first-order valence-corrected chi connectivity index (χ1v) is 7.08. The quantitative estimate of drug-likeness (QED) is 0.731. The Kier molecular flexibility index (Phi) is 4.63. The van der Waals surface area contributed by atoms with Crippen LogP contribution in [0.5, 0.6) is 0 Å². The fourth-order valence-electron chi connectivity index (χ4n) is 2.34. The minimum Gasteiger partial charge on any atom is -0.382 e. The lowest BCUT2D eigenvalue weighted by Crippen LogP contribution is -2.18. The van der Waals surface area contributed by atoms with Crippen LogP contribution in [0, 0.1) is 0 Å². The lowest BCUT2D eigenvalue weighted by atomic mass is 10.1. The highest BCUT2D eigenvalue weighted by Gasteiger charge is 2.05. The van der Waals surface area contributed by atoms with Gasteiger partial charge in [0, 0.05) is 11.7 Å². The summed E-state index contributed by atoms with van der Waals surface area (Å²) in [7, 11) is 0. The second kappa shape index (κ2) is 6.44. The first kappa shape index (κ1) is 12.9. The molecular weight excluding hydrogens is 218 g/mol. The molecule has 0 aliphatic carbocycles. The van der Waals surface area contributed by atoms with Gasteiger partial charge in [-0.25, -0.2) is 0 Å². The summed E-state index contributed by atoms with van der Waals surface area (Å²) in [6.07, 6.45) is 5.03. The molecule has 1 N–H and O–H groups in total. The Bertz CT molecular complexity index is 490. The van der Waals surface area contributed by atoms with Gasteiger partial charge in [-0.05, 0) is 35.7 Å². The van der Waals surface area contributed by atoms with Crippen LogP contribution in [-0.4, -0.2) is 6.04 Å². The van der Waals surface area contributed by atoms with E-state index in [0.29, 0.717) is 6.04 Å². The number of anilines is 1. The number of nitrogens with one attached hydrogen (secondary N) is 1. The van der Waals surface area contributed by atoms with E-state index in [2.05, 4.69) is 61.6 Å². The molecule has 1 unspecified atom stereocenters. The first-order chi connectivity index (χ1) is 8.83. The maximum Gasteiger partial charge on any atom is 0.0348 e. The second-order valence-electron chi connectivity index (χ2n) is 4.95. The minimum absolute atomic E-state index is 0.603. The third-order valence-corrected chi connectivity index (χ3v) is 3.52. The van der Waals surface area contributed by atoms with Crippen LogP contribution in [-0.2, 0) is 0 Å². The summed E-state index contributed by atoms with van der Waals surface area (Å²) in [5.41, 5.74) is 1.25. The van der Waals surface area contributed by atoms with Gasteiger partial charge in [-0.15, -0.1) is 0 Å². The van der Waals surface area contributed by atoms with E-state index in [1.54, 1.807) is 0 Å². The molecule has 0 aromatic heterocycles. The molecule has 0 saturated heterocycles. The van der Waals surface area contributed by atoms with Gasteiger partial charge in [0.2, 0.25) is 0 Å². The summed E-state index contributed by atoms with van der Waals surface area (Å²) in [5.74, 6) is 0. The Labute approximate surface area is 110 Å². The molecular formula is C17H23N. The summed E-state index contributed by atoms with van der Waals surface area (Å²) < 4.78 is 0. The van der Waals surface area contributed by atoms with Crippen molar-refractivity contribution in [2.45, 2.75) is 45.6 Å². The minimum atomic E-state index is 0.603. The second-order valence-corrected chi connectivity index (χ2v) is 4.95. The zero-order valence-electron chi connectivity index (χ0n) is 11.4. The normalized spacial score (nSPS) is 12.6. The molecule has 2 rings (SSSR count). The van der Waals surface area contributed by atoms with Crippen LogP contribution in [0.1, 0.15) is 39.5 Å². The number of hydrogen-bond acceptors (Lipinski definition) is 1. The molecule has 0 spiro atoms. The highest BCUT2D eigenvalue weighted by atomic mass is 14.9. The van der Waals surface area contributed by atoms with E-state index in [-0.39, 0.29) is 0 Å². The maximum atomic E-state index is 3.66. The number of hydrogen-bond donors (Lipinski definition) is 1. The highest BCUT2D eigenvalue weighted by Crippen LogP contribution is 2.20. The van der Waals surface area contributed by atoms with Crippen molar-refractivity contribution < 1.29 is 0 Å². The van der Waals surface area contributed by atoms with E-state index in [1.165, 1.54) is 42.1 Å². The van der Waals surface area contributed by atoms with Crippen molar-refractivity contribution >= 4 is 16.5 Å². The Morgan fingerprint density at radius 2 is 1.78 bits per heavy atom. The van der Waals surface area contributed by atoms with E-state index in [0.717, 1.165) is 0 Å². The van der Waals surface area contributed by atoms with Gasteiger partial charge in [0.25, 0.3) is 0 Å². The van der Waals surface area contributed by atoms with Crippen LogP contribution in [0.25, 0.3) is 10.8 Å². The number of unbranched alkanes of at least 4 members (excludes halogenated alkanes) is 1. The first-order valence-electron chi connectivity index (χ1n) is 7.08. The molecule has 0 amide bonds. The van der Waals surface area contributed by atoms with Crippen molar-refractivity contribution in [3.05, 3.63) is 42.5 Å². The van der Waals surface area contributed by atoms with E-state index in [1.807, 2.05) is 0 Å². The molecule has 1 nitrogen and oxygen atoms in total. The molecule has 0 saturated carbocycles. The maximum absolute atomic E-state index is 3.66.